The Hall–Kier alpha value is -3.02. The zero-order valence-electron chi connectivity index (χ0n) is 16.2. The molecule has 0 saturated carbocycles. The van der Waals surface area contributed by atoms with Crippen molar-refractivity contribution in [1.82, 2.24) is 15.1 Å². The van der Waals surface area contributed by atoms with Gasteiger partial charge in [0, 0.05) is 32.7 Å². The fourth-order valence-electron chi connectivity index (χ4n) is 4.43. The first-order chi connectivity index (χ1) is 14.2. The number of carbonyl (C=O) groups excluding carboxylic acids is 2. The molecule has 1 saturated heterocycles. The Morgan fingerprint density at radius 1 is 0.724 bits per heavy atom. The van der Waals surface area contributed by atoms with Crippen LogP contribution in [0.25, 0.3) is 10.8 Å². The molecule has 0 radical (unpaired) electrons. The van der Waals surface area contributed by atoms with Gasteiger partial charge >= 0.3 is 0 Å². The maximum Gasteiger partial charge on any atom is 0.261 e. The lowest BCUT2D eigenvalue weighted by atomic mass is 9.98. The van der Waals surface area contributed by atoms with Gasteiger partial charge < -0.3 is 5.32 Å². The summed E-state index contributed by atoms with van der Waals surface area (Å²) in [6, 6.07) is 19.6. The van der Waals surface area contributed by atoms with Crippen LogP contribution in [0.2, 0.25) is 0 Å². The van der Waals surface area contributed by atoms with Crippen LogP contribution in [0, 0.1) is 0 Å². The molecule has 3 aromatic rings. The van der Waals surface area contributed by atoms with Gasteiger partial charge in [-0.25, -0.2) is 0 Å². The second kappa shape index (κ2) is 7.43. The quantitative estimate of drug-likeness (QED) is 0.702. The van der Waals surface area contributed by atoms with Crippen molar-refractivity contribution in [3.05, 3.63) is 82.9 Å². The standard InChI is InChI=1S/C24H23N3O2/c28-23-20-9-1-2-10-21(20)24(29)27(23)16-19-8-4-6-17-5-3-7-18(22(17)19)15-26-13-11-25-12-14-26/h1-10,25H,11-16H2. The van der Waals surface area contributed by atoms with Gasteiger partial charge in [0.15, 0.2) is 0 Å². The first-order valence-corrected chi connectivity index (χ1v) is 10.1. The van der Waals surface area contributed by atoms with E-state index in [1.807, 2.05) is 12.1 Å². The maximum absolute atomic E-state index is 12.8. The predicted molar refractivity (Wildman–Crippen MR) is 113 cm³/mol. The summed E-state index contributed by atoms with van der Waals surface area (Å²) in [5.74, 6) is -0.413. The van der Waals surface area contributed by atoms with E-state index in [1.165, 1.54) is 10.5 Å². The second-order valence-electron chi connectivity index (χ2n) is 7.70. The number of hydrogen-bond donors (Lipinski definition) is 1. The van der Waals surface area contributed by atoms with Crippen LogP contribution < -0.4 is 5.32 Å². The number of piperazine rings is 1. The molecular formula is C24H23N3O2. The largest absolute Gasteiger partial charge is 0.314 e. The number of nitrogens with zero attached hydrogens (tertiary/aromatic N) is 2. The van der Waals surface area contributed by atoms with Gasteiger partial charge in [-0.15, -0.1) is 0 Å². The minimum Gasteiger partial charge on any atom is -0.314 e. The molecule has 0 bridgehead atoms. The molecule has 5 rings (SSSR count). The topological polar surface area (TPSA) is 52.7 Å². The average molecular weight is 385 g/mol. The summed E-state index contributed by atoms with van der Waals surface area (Å²) in [5, 5.41) is 5.70. The minimum atomic E-state index is -0.206. The van der Waals surface area contributed by atoms with Gasteiger partial charge in [0.05, 0.1) is 17.7 Å². The van der Waals surface area contributed by atoms with Crippen molar-refractivity contribution >= 4 is 22.6 Å². The highest BCUT2D eigenvalue weighted by Gasteiger charge is 2.35. The van der Waals surface area contributed by atoms with Crippen LogP contribution in [0.1, 0.15) is 31.8 Å². The number of imide groups is 1. The van der Waals surface area contributed by atoms with E-state index in [1.54, 1.807) is 24.3 Å². The van der Waals surface area contributed by atoms with Crippen molar-refractivity contribution < 1.29 is 9.59 Å². The molecule has 2 amide bonds. The molecule has 1 fully saturated rings. The summed E-state index contributed by atoms with van der Waals surface area (Å²) in [6.07, 6.45) is 0. The first kappa shape index (κ1) is 18.0. The minimum absolute atomic E-state index is 0.206. The zero-order valence-corrected chi connectivity index (χ0v) is 16.2. The molecule has 5 heteroatoms. The van der Waals surface area contributed by atoms with Crippen LogP contribution in [0.4, 0.5) is 0 Å². The molecule has 5 nitrogen and oxygen atoms in total. The molecule has 1 N–H and O–H groups in total. The predicted octanol–water partition coefficient (Wildman–Crippen LogP) is 3.04. The van der Waals surface area contributed by atoms with E-state index in [2.05, 4.69) is 34.5 Å². The lowest BCUT2D eigenvalue weighted by molar-refractivity contribution is 0.0643. The van der Waals surface area contributed by atoms with Crippen molar-refractivity contribution in [1.29, 1.82) is 0 Å². The summed E-state index contributed by atoms with van der Waals surface area (Å²) in [5.41, 5.74) is 3.26. The van der Waals surface area contributed by atoms with E-state index in [4.69, 9.17) is 0 Å². The van der Waals surface area contributed by atoms with Crippen molar-refractivity contribution in [2.24, 2.45) is 0 Å². The van der Waals surface area contributed by atoms with Gasteiger partial charge in [0.2, 0.25) is 0 Å². The smallest absolute Gasteiger partial charge is 0.261 e. The molecule has 3 aromatic carbocycles. The fourth-order valence-corrected chi connectivity index (χ4v) is 4.43. The van der Waals surface area contributed by atoms with Crippen molar-refractivity contribution in [2.75, 3.05) is 26.2 Å². The molecular weight excluding hydrogens is 362 g/mol. The Morgan fingerprint density at radius 3 is 1.93 bits per heavy atom. The van der Waals surface area contributed by atoms with Gasteiger partial charge in [-0.05, 0) is 34.0 Å². The van der Waals surface area contributed by atoms with E-state index in [-0.39, 0.29) is 11.8 Å². The summed E-state index contributed by atoms with van der Waals surface area (Å²) in [4.78, 5) is 29.5. The van der Waals surface area contributed by atoms with Gasteiger partial charge in [0.1, 0.15) is 0 Å². The van der Waals surface area contributed by atoms with Crippen molar-refractivity contribution in [3.63, 3.8) is 0 Å². The summed E-state index contributed by atoms with van der Waals surface area (Å²) in [7, 11) is 0. The summed E-state index contributed by atoms with van der Waals surface area (Å²) < 4.78 is 0. The van der Waals surface area contributed by atoms with Crippen molar-refractivity contribution in [3.8, 4) is 0 Å². The second-order valence-corrected chi connectivity index (χ2v) is 7.70. The van der Waals surface area contributed by atoms with E-state index >= 15 is 0 Å². The molecule has 0 aliphatic carbocycles. The third kappa shape index (κ3) is 3.22. The molecule has 29 heavy (non-hydrogen) atoms. The van der Waals surface area contributed by atoms with Crippen LogP contribution in [-0.4, -0.2) is 47.8 Å². The van der Waals surface area contributed by atoms with E-state index in [0.717, 1.165) is 49.1 Å². The Morgan fingerprint density at radius 2 is 1.31 bits per heavy atom. The van der Waals surface area contributed by atoms with Gasteiger partial charge in [-0.2, -0.15) is 0 Å². The number of carbonyl (C=O) groups is 2. The van der Waals surface area contributed by atoms with E-state index in [0.29, 0.717) is 17.7 Å². The summed E-state index contributed by atoms with van der Waals surface area (Å²) in [6.45, 7) is 5.23. The van der Waals surface area contributed by atoms with Gasteiger partial charge in [-0.1, -0.05) is 48.5 Å². The SMILES string of the molecule is O=C1c2ccccc2C(=O)N1Cc1cccc2cccc(CN3CCNCC3)c12. The van der Waals surface area contributed by atoms with Crippen LogP contribution in [0.15, 0.2) is 60.7 Å². The first-order valence-electron chi connectivity index (χ1n) is 10.1. The highest BCUT2D eigenvalue weighted by atomic mass is 16.2. The normalized spacial score (nSPS) is 17.2. The van der Waals surface area contributed by atoms with E-state index in [9.17, 15) is 9.59 Å². The average Bonchev–Trinajstić information content (AvgIpc) is 3.00. The fraction of sp³-hybridized carbons (Fsp3) is 0.250. The Balaban J connectivity index is 1.51. The lowest BCUT2D eigenvalue weighted by Gasteiger charge is -2.28. The maximum atomic E-state index is 12.8. The third-order valence-electron chi connectivity index (χ3n) is 5.89. The molecule has 146 valence electrons. The Labute approximate surface area is 169 Å². The number of nitrogens with one attached hydrogen (secondary N) is 1. The van der Waals surface area contributed by atoms with Crippen molar-refractivity contribution in [2.45, 2.75) is 13.1 Å². The van der Waals surface area contributed by atoms with Crippen LogP contribution in [-0.2, 0) is 13.1 Å². The third-order valence-corrected chi connectivity index (χ3v) is 5.89. The summed E-state index contributed by atoms with van der Waals surface area (Å²) >= 11 is 0. The Bertz CT molecular complexity index is 1060. The molecule has 2 heterocycles. The molecule has 0 atom stereocenters. The number of rotatable bonds is 4. The highest BCUT2D eigenvalue weighted by Crippen LogP contribution is 2.29. The molecule has 0 unspecified atom stereocenters. The van der Waals surface area contributed by atoms with E-state index < -0.39 is 0 Å². The monoisotopic (exact) mass is 385 g/mol. The number of benzene rings is 3. The lowest BCUT2D eigenvalue weighted by Crippen LogP contribution is -2.42. The van der Waals surface area contributed by atoms with Gasteiger partial charge in [-0.3, -0.25) is 19.4 Å². The number of amides is 2. The molecule has 0 aromatic heterocycles. The highest BCUT2D eigenvalue weighted by molar-refractivity contribution is 6.21. The number of hydrogen-bond acceptors (Lipinski definition) is 4. The zero-order chi connectivity index (χ0) is 19.8. The van der Waals surface area contributed by atoms with Crippen LogP contribution >= 0.6 is 0 Å². The molecule has 0 spiro atoms. The van der Waals surface area contributed by atoms with Gasteiger partial charge in [0.25, 0.3) is 11.8 Å². The van der Waals surface area contributed by atoms with Crippen LogP contribution in [0.5, 0.6) is 0 Å². The number of fused-ring (bicyclic) bond motifs is 2. The van der Waals surface area contributed by atoms with Crippen LogP contribution in [0.3, 0.4) is 0 Å². The molecule has 2 aliphatic heterocycles. The molecule has 2 aliphatic rings. The Kier molecular flexibility index (Phi) is 4.62.